The van der Waals surface area contributed by atoms with E-state index in [-0.39, 0.29) is 0 Å². The number of nitrogens with one attached hydrogen (secondary N) is 1. The van der Waals surface area contributed by atoms with Crippen molar-refractivity contribution < 1.29 is 9.15 Å². The maximum absolute atomic E-state index is 5.91. The fourth-order valence-corrected chi connectivity index (χ4v) is 2.24. The highest BCUT2D eigenvalue weighted by Crippen LogP contribution is 2.27. The van der Waals surface area contributed by atoms with Crippen LogP contribution < -0.4 is 10.1 Å². The summed E-state index contributed by atoms with van der Waals surface area (Å²) in [4.78, 5) is 0. The monoisotopic (exact) mass is 273 g/mol. The minimum Gasteiger partial charge on any atom is -0.485 e. The third kappa shape index (κ3) is 3.87. The minimum atomic E-state index is 0.336. The van der Waals surface area contributed by atoms with Gasteiger partial charge in [0.15, 0.2) is 0 Å². The Morgan fingerprint density at radius 2 is 2.00 bits per heavy atom. The molecule has 2 rings (SSSR count). The van der Waals surface area contributed by atoms with Crippen molar-refractivity contribution in [1.29, 1.82) is 0 Å². The predicted molar refractivity (Wildman–Crippen MR) is 80.8 cm³/mol. The van der Waals surface area contributed by atoms with Crippen molar-refractivity contribution in [3.05, 3.63) is 54.0 Å². The molecule has 0 bridgehead atoms. The molecule has 0 fully saturated rings. The van der Waals surface area contributed by atoms with Crippen LogP contribution in [0.5, 0.6) is 5.75 Å². The first-order valence-corrected chi connectivity index (χ1v) is 7.32. The summed E-state index contributed by atoms with van der Waals surface area (Å²) in [5.74, 6) is 1.77. The van der Waals surface area contributed by atoms with E-state index in [2.05, 4.69) is 31.3 Å². The quantitative estimate of drug-likeness (QED) is 0.778. The standard InChI is InChI=1S/C17H23NO2/c1-3-11-18-16(4-2)15-9-5-6-10-17(15)20-13-14-8-7-12-19-14/h5-10,12,16,18H,3-4,11,13H2,1-2H3. The molecule has 0 saturated heterocycles. The van der Waals surface area contributed by atoms with Gasteiger partial charge in [-0.15, -0.1) is 0 Å². The van der Waals surface area contributed by atoms with E-state index in [1.54, 1.807) is 6.26 Å². The summed E-state index contributed by atoms with van der Waals surface area (Å²) in [7, 11) is 0. The highest BCUT2D eigenvalue weighted by atomic mass is 16.5. The van der Waals surface area contributed by atoms with Gasteiger partial charge in [0.05, 0.1) is 6.26 Å². The molecule has 20 heavy (non-hydrogen) atoms. The van der Waals surface area contributed by atoms with E-state index in [0.29, 0.717) is 12.6 Å². The Balaban J connectivity index is 2.07. The summed E-state index contributed by atoms with van der Waals surface area (Å²) < 4.78 is 11.2. The van der Waals surface area contributed by atoms with Crippen molar-refractivity contribution in [2.24, 2.45) is 0 Å². The van der Waals surface area contributed by atoms with Gasteiger partial charge in [-0.25, -0.2) is 0 Å². The third-order valence-corrected chi connectivity index (χ3v) is 3.29. The van der Waals surface area contributed by atoms with Gasteiger partial charge in [-0.2, -0.15) is 0 Å². The average molecular weight is 273 g/mol. The number of hydrogen-bond acceptors (Lipinski definition) is 3. The number of furan rings is 1. The topological polar surface area (TPSA) is 34.4 Å². The van der Waals surface area contributed by atoms with Crippen LogP contribution in [-0.4, -0.2) is 6.54 Å². The molecule has 0 spiro atoms. The molecule has 3 heteroatoms. The zero-order chi connectivity index (χ0) is 14.2. The number of hydrogen-bond donors (Lipinski definition) is 1. The lowest BCUT2D eigenvalue weighted by Gasteiger charge is -2.20. The molecular weight excluding hydrogens is 250 g/mol. The number of benzene rings is 1. The fraction of sp³-hybridized carbons (Fsp3) is 0.412. The molecule has 3 nitrogen and oxygen atoms in total. The minimum absolute atomic E-state index is 0.336. The second kappa shape index (κ2) is 7.75. The summed E-state index contributed by atoms with van der Waals surface area (Å²) in [6, 6.07) is 12.4. The summed E-state index contributed by atoms with van der Waals surface area (Å²) in [5, 5.41) is 3.57. The Kier molecular flexibility index (Phi) is 5.69. The number of rotatable bonds is 8. The van der Waals surface area contributed by atoms with E-state index >= 15 is 0 Å². The SMILES string of the molecule is CCCNC(CC)c1ccccc1OCc1ccco1. The summed E-state index contributed by atoms with van der Waals surface area (Å²) in [6.07, 6.45) is 3.84. The molecular formula is C17H23NO2. The summed E-state index contributed by atoms with van der Waals surface area (Å²) >= 11 is 0. The molecule has 108 valence electrons. The molecule has 0 aliphatic heterocycles. The van der Waals surface area contributed by atoms with Crippen LogP contribution >= 0.6 is 0 Å². The third-order valence-electron chi connectivity index (χ3n) is 3.29. The van der Waals surface area contributed by atoms with Gasteiger partial charge < -0.3 is 14.5 Å². The molecule has 0 aliphatic carbocycles. The highest BCUT2D eigenvalue weighted by Gasteiger charge is 2.13. The molecule has 1 aromatic carbocycles. The highest BCUT2D eigenvalue weighted by molar-refractivity contribution is 5.36. The van der Waals surface area contributed by atoms with Gasteiger partial charge in [0.1, 0.15) is 18.1 Å². The van der Waals surface area contributed by atoms with Crippen molar-refractivity contribution in [2.75, 3.05) is 6.54 Å². The lowest BCUT2D eigenvalue weighted by atomic mass is 10.0. The zero-order valence-electron chi connectivity index (χ0n) is 12.3. The second-order valence-electron chi connectivity index (χ2n) is 4.82. The Hall–Kier alpha value is -1.74. The summed E-state index contributed by atoms with van der Waals surface area (Å²) in [6.45, 7) is 5.86. The lowest BCUT2D eigenvalue weighted by Crippen LogP contribution is -2.22. The molecule has 1 atom stereocenters. The van der Waals surface area contributed by atoms with Gasteiger partial charge in [0, 0.05) is 11.6 Å². The van der Waals surface area contributed by atoms with Gasteiger partial charge in [-0.3, -0.25) is 0 Å². The molecule has 0 aliphatic rings. The van der Waals surface area contributed by atoms with Crippen LogP contribution in [0.15, 0.2) is 47.1 Å². The van der Waals surface area contributed by atoms with Crippen molar-refractivity contribution in [3.63, 3.8) is 0 Å². The van der Waals surface area contributed by atoms with Crippen LogP contribution in [0.3, 0.4) is 0 Å². The van der Waals surface area contributed by atoms with Crippen molar-refractivity contribution >= 4 is 0 Å². The fourth-order valence-electron chi connectivity index (χ4n) is 2.24. The first kappa shape index (κ1) is 14.7. The van der Waals surface area contributed by atoms with Gasteiger partial charge in [-0.1, -0.05) is 32.0 Å². The predicted octanol–water partition coefficient (Wildman–Crippen LogP) is 4.31. The van der Waals surface area contributed by atoms with E-state index in [9.17, 15) is 0 Å². The Bertz CT molecular complexity index is 493. The van der Waals surface area contributed by atoms with Gasteiger partial charge in [-0.05, 0) is 37.6 Å². The first-order chi connectivity index (χ1) is 9.85. The molecule has 0 radical (unpaired) electrons. The average Bonchev–Trinajstić information content (AvgIpc) is 3.00. The van der Waals surface area contributed by atoms with Crippen molar-refractivity contribution in [3.8, 4) is 5.75 Å². The first-order valence-electron chi connectivity index (χ1n) is 7.32. The van der Waals surface area contributed by atoms with Crippen LogP contribution in [0.25, 0.3) is 0 Å². The second-order valence-corrected chi connectivity index (χ2v) is 4.82. The van der Waals surface area contributed by atoms with Crippen LogP contribution in [0.2, 0.25) is 0 Å². The Morgan fingerprint density at radius 3 is 2.70 bits per heavy atom. The lowest BCUT2D eigenvalue weighted by molar-refractivity contribution is 0.265. The van der Waals surface area contributed by atoms with E-state index in [0.717, 1.165) is 30.9 Å². The van der Waals surface area contributed by atoms with E-state index in [4.69, 9.17) is 9.15 Å². The Labute approximate surface area is 121 Å². The maximum Gasteiger partial charge on any atom is 0.146 e. The summed E-state index contributed by atoms with van der Waals surface area (Å²) in [5.41, 5.74) is 1.22. The van der Waals surface area contributed by atoms with Crippen LogP contribution in [0.4, 0.5) is 0 Å². The van der Waals surface area contributed by atoms with E-state index in [1.165, 1.54) is 5.56 Å². The van der Waals surface area contributed by atoms with Crippen LogP contribution in [-0.2, 0) is 6.61 Å². The van der Waals surface area contributed by atoms with Gasteiger partial charge in [0.2, 0.25) is 0 Å². The number of ether oxygens (including phenoxy) is 1. The number of para-hydroxylation sites is 1. The maximum atomic E-state index is 5.91. The van der Waals surface area contributed by atoms with E-state index in [1.807, 2.05) is 24.3 Å². The largest absolute Gasteiger partial charge is 0.485 e. The van der Waals surface area contributed by atoms with Gasteiger partial charge >= 0.3 is 0 Å². The molecule has 0 saturated carbocycles. The Morgan fingerprint density at radius 1 is 1.15 bits per heavy atom. The van der Waals surface area contributed by atoms with Crippen LogP contribution in [0.1, 0.15) is 44.1 Å². The molecule has 1 heterocycles. The smallest absolute Gasteiger partial charge is 0.146 e. The van der Waals surface area contributed by atoms with Crippen molar-refractivity contribution in [1.82, 2.24) is 5.32 Å². The normalized spacial score (nSPS) is 12.3. The van der Waals surface area contributed by atoms with Crippen LogP contribution in [0, 0.1) is 0 Å². The molecule has 1 unspecified atom stereocenters. The molecule has 1 N–H and O–H groups in total. The van der Waals surface area contributed by atoms with E-state index < -0.39 is 0 Å². The van der Waals surface area contributed by atoms with Gasteiger partial charge in [0.25, 0.3) is 0 Å². The molecule has 0 amide bonds. The zero-order valence-corrected chi connectivity index (χ0v) is 12.3. The molecule has 1 aromatic heterocycles. The van der Waals surface area contributed by atoms with Crippen molar-refractivity contribution in [2.45, 2.75) is 39.3 Å². The molecule has 2 aromatic rings.